The Balaban J connectivity index is 2.38. The summed E-state index contributed by atoms with van der Waals surface area (Å²) in [6.45, 7) is 1.62. The number of imidazole rings is 1. The molecule has 0 fully saturated rings. The molecular formula is C11H11BrFN3O2S. The van der Waals surface area contributed by atoms with Crippen molar-refractivity contribution in [2.45, 2.75) is 11.9 Å². The van der Waals surface area contributed by atoms with Crippen LogP contribution in [0.3, 0.4) is 0 Å². The van der Waals surface area contributed by atoms with Gasteiger partial charge in [0.2, 0.25) is 0 Å². The van der Waals surface area contributed by atoms with E-state index >= 15 is 0 Å². The van der Waals surface area contributed by atoms with Crippen molar-refractivity contribution in [1.29, 1.82) is 0 Å². The predicted molar refractivity (Wildman–Crippen MR) is 72.9 cm³/mol. The Bertz CT molecular complexity index is 728. The van der Waals surface area contributed by atoms with Crippen molar-refractivity contribution >= 4 is 31.6 Å². The van der Waals surface area contributed by atoms with Crippen molar-refractivity contribution < 1.29 is 12.8 Å². The molecule has 0 aliphatic heterocycles. The minimum absolute atomic E-state index is 0.0881. The topological polar surface area (TPSA) is 64.0 Å². The van der Waals surface area contributed by atoms with E-state index in [4.69, 9.17) is 0 Å². The van der Waals surface area contributed by atoms with Crippen LogP contribution >= 0.6 is 15.9 Å². The Hall–Kier alpha value is -1.41. The number of halogens is 2. The van der Waals surface area contributed by atoms with Crippen molar-refractivity contribution in [2.75, 3.05) is 4.72 Å². The first kappa shape index (κ1) is 14.0. The molecule has 19 heavy (non-hydrogen) atoms. The van der Waals surface area contributed by atoms with Crippen LogP contribution in [-0.2, 0) is 17.1 Å². The van der Waals surface area contributed by atoms with Gasteiger partial charge in [-0.25, -0.2) is 9.37 Å². The number of sulfonamides is 1. The quantitative estimate of drug-likeness (QED) is 0.927. The molecule has 1 aromatic carbocycles. The van der Waals surface area contributed by atoms with Crippen LogP contribution in [0.2, 0.25) is 0 Å². The summed E-state index contributed by atoms with van der Waals surface area (Å²) >= 11 is 3.02. The molecule has 0 amide bonds. The van der Waals surface area contributed by atoms with E-state index in [1.165, 1.54) is 29.2 Å². The van der Waals surface area contributed by atoms with Gasteiger partial charge in [-0.15, -0.1) is 0 Å². The van der Waals surface area contributed by atoms with Gasteiger partial charge in [-0.05, 0) is 40.5 Å². The lowest BCUT2D eigenvalue weighted by molar-refractivity contribution is 0.597. The van der Waals surface area contributed by atoms with Crippen LogP contribution in [0.4, 0.5) is 10.1 Å². The highest BCUT2D eigenvalue weighted by molar-refractivity contribution is 9.10. The van der Waals surface area contributed by atoms with Crippen molar-refractivity contribution in [1.82, 2.24) is 9.55 Å². The van der Waals surface area contributed by atoms with Gasteiger partial charge in [0.15, 0.2) is 5.03 Å². The molecule has 0 atom stereocenters. The Morgan fingerprint density at radius 3 is 2.68 bits per heavy atom. The maximum absolute atomic E-state index is 13.3. The Morgan fingerprint density at radius 1 is 1.42 bits per heavy atom. The van der Waals surface area contributed by atoms with E-state index < -0.39 is 15.8 Å². The molecule has 1 N–H and O–H groups in total. The van der Waals surface area contributed by atoms with Gasteiger partial charge in [0.25, 0.3) is 10.0 Å². The summed E-state index contributed by atoms with van der Waals surface area (Å²) in [5, 5.41) is -0.0881. The average molecular weight is 348 g/mol. The summed E-state index contributed by atoms with van der Waals surface area (Å²) in [5.74, 6) is -0.446. The standard InChI is InChI=1S/C11H11BrFN3O2S/c1-7-3-9(13)8(12)4-10(7)15-19(17,18)11-5-16(2)6-14-11/h3-6,15H,1-2H3. The summed E-state index contributed by atoms with van der Waals surface area (Å²) in [5.41, 5.74) is 0.791. The van der Waals surface area contributed by atoms with Gasteiger partial charge in [0.05, 0.1) is 16.5 Å². The van der Waals surface area contributed by atoms with Crippen molar-refractivity contribution in [3.63, 3.8) is 0 Å². The zero-order valence-corrected chi connectivity index (χ0v) is 12.6. The van der Waals surface area contributed by atoms with Crippen molar-refractivity contribution in [3.8, 4) is 0 Å². The highest BCUT2D eigenvalue weighted by Gasteiger charge is 2.18. The molecule has 2 aromatic rings. The number of hydrogen-bond donors (Lipinski definition) is 1. The molecule has 5 nitrogen and oxygen atoms in total. The third-order valence-electron chi connectivity index (χ3n) is 2.47. The molecule has 0 saturated carbocycles. The molecule has 0 spiro atoms. The fourth-order valence-corrected chi connectivity index (χ4v) is 2.93. The number of aromatic nitrogens is 2. The van der Waals surface area contributed by atoms with Gasteiger partial charge in [-0.1, -0.05) is 0 Å². The zero-order valence-electron chi connectivity index (χ0n) is 10.2. The van der Waals surface area contributed by atoms with Crippen LogP contribution in [-0.4, -0.2) is 18.0 Å². The Labute approximate surface area is 118 Å². The Kier molecular flexibility index (Phi) is 3.64. The van der Waals surface area contributed by atoms with Crippen LogP contribution in [0, 0.1) is 12.7 Å². The third kappa shape index (κ3) is 2.95. The second kappa shape index (κ2) is 4.93. The normalized spacial score (nSPS) is 11.6. The number of nitrogens with one attached hydrogen (secondary N) is 1. The highest BCUT2D eigenvalue weighted by Crippen LogP contribution is 2.26. The van der Waals surface area contributed by atoms with Gasteiger partial charge in [-0.3, -0.25) is 4.72 Å². The van der Waals surface area contributed by atoms with E-state index in [0.29, 0.717) is 11.3 Å². The molecule has 0 saturated heterocycles. The minimum atomic E-state index is -3.77. The van der Waals surface area contributed by atoms with Crippen LogP contribution < -0.4 is 4.72 Å². The molecule has 0 aliphatic rings. The monoisotopic (exact) mass is 347 g/mol. The first-order valence-corrected chi connectivity index (χ1v) is 7.53. The van der Waals surface area contributed by atoms with Crippen LogP contribution in [0.25, 0.3) is 0 Å². The van der Waals surface area contributed by atoms with Gasteiger partial charge in [0.1, 0.15) is 5.82 Å². The molecular weight excluding hydrogens is 337 g/mol. The van der Waals surface area contributed by atoms with E-state index in [9.17, 15) is 12.8 Å². The lowest BCUT2D eigenvalue weighted by Gasteiger charge is -2.09. The number of aryl methyl sites for hydroxylation is 2. The van der Waals surface area contributed by atoms with E-state index in [2.05, 4.69) is 25.6 Å². The fourth-order valence-electron chi connectivity index (χ4n) is 1.48. The SMILES string of the molecule is Cc1cc(F)c(Br)cc1NS(=O)(=O)c1cn(C)cn1. The molecule has 102 valence electrons. The molecule has 0 radical (unpaired) electrons. The third-order valence-corrected chi connectivity index (χ3v) is 4.33. The summed E-state index contributed by atoms with van der Waals surface area (Å²) in [6, 6.07) is 2.63. The van der Waals surface area contributed by atoms with Crippen LogP contribution in [0.5, 0.6) is 0 Å². The number of rotatable bonds is 3. The van der Waals surface area contributed by atoms with Gasteiger partial charge < -0.3 is 4.57 Å². The van der Waals surface area contributed by atoms with Gasteiger partial charge in [0, 0.05) is 13.2 Å². The lowest BCUT2D eigenvalue weighted by Crippen LogP contribution is -2.14. The van der Waals surface area contributed by atoms with Crippen molar-refractivity contribution in [2.24, 2.45) is 7.05 Å². The second-order valence-corrected chi connectivity index (χ2v) is 6.55. The van der Waals surface area contributed by atoms with Crippen LogP contribution in [0.1, 0.15) is 5.56 Å². The number of benzene rings is 1. The summed E-state index contributed by atoms with van der Waals surface area (Å²) in [6.07, 6.45) is 2.78. The average Bonchev–Trinajstić information content (AvgIpc) is 2.73. The number of nitrogens with zero attached hydrogens (tertiary/aromatic N) is 2. The van der Waals surface area contributed by atoms with E-state index in [1.807, 2.05) is 0 Å². The molecule has 2 rings (SSSR count). The molecule has 0 unspecified atom stereocenters. The first-order chi connectivity index (χ1) is 8.79. The van der Waals surface area contributed by atoms with Gasteiger partial charge in [-0.2, -0.15) is 8.42 Å². The van der Waals surface area contributed by atoms with Crippen LogP contribution in [0.15, 0.2) is 34.2 Å². The number of hydrogen-bond acceptors (Lipinski definition) is 3. The summed E-state index contributed by atoms with van der Waals surface area (Å²) in [4.78, 5) is 3.78. The lowest BCUT2D eigenvalue weighted by atomic mass is 10.2. The van der Waals surface area contributed by atoms with E-state index in [0.717, 1.165) is 0 Å². The van der Waals surface area contributed by atoms with Crippen molar-refractivity contribution in [3.05, 3.63) is 40.5 Å². The largest absolute Gasteiger partial charge is 0.339 e. The van der Waals surface area contributed by atoms with Gasteiger partial charge >= 0.3 is 0 Å². The molecule has 0 bridgehead atoms. The highest BCUT2D eigenvalue weighted by atomic mass is 79.9. The maximum Gasteiger partial charge on any atom is 0.280 e. The zero-order chi connectivity index (χ0) is 14.2. The summed E-state index contributed by atoms with van der Waals surface area (Å²) < 4.78 is 41.5. The minimum Gasteiger partial charge on any atom is -0.339 e. The molecule has 0 aliphatic carbocycles. The summed E-state index contributed by atoms with van der Waals surface area (Å²) in [7, 11) is -2.10. The fraction of sp³-hybridized carbons (Fsp3) is 0.182. The van der Waals surface area contributed by atoms with E-state index in [-0.39, 0.29) is 9.50 Å². The smallest absolute Gasteiger partial charge is 0.280 e. The first-order valence-electron chi connectivity index (χ1n) is 5.26. The second-order valence-electron chi connectivity index (χ2n) is 4.06. The maximum atomic E-state index is 13.3. The Morgan fingerprint density at radius 2 is 2.11 bits per heavy atom. The van der Waals surface area contributed by atoms with E-state index in [1.54, 1.807) is 14.0 Å². The molecule has 1 aromatic heterocycles. The predicted octanol–water partition coefficient (Wildman–Crippen LogP) is 2.43. The number of anilines is 1. The molecule has 8 heteroatoms. The molecule has 1 heterocycles.